The summed E-state index contributed by atoms with van der Waals surface area (Å²) in [5.74, 6) is 1.50. The summed E-state index contributed by atoms with van der Waals surface area (Å²) < 4.78 is 11.6. The molecule has 2 aliphatic rings. The van der Waals surface area contributed by atoms with Crippen LogP contribution in [-0.2, 0) is 6.54 Å². The van der Waals surface area contributed by atoms with Crippen LogP contribution in [0.4, 0.5) is 0 Å². The van der Waals surface area contributed by atoms with Gasteiger partial charge in [0, 0.05) is 31.2 Å². The van der Waals surface area contributed by atoms with Crippen molar-refractivity contribution >= 4 is 11.6 Å². The largest absolute Gasteiger partial charge is 0.492 e. The first-order valence-electron chi connectivity index (χ1n) is 11.5. The van der Waals surface area contributed by atoms with Gasteiger partial charge < -0.3 is 19.7 Å². The zero-order chi connectivity index (χ0) is 22.4. The molecule has 4 rings (SSSR count). The van der Waals surface area contributed by atoms with Gasteiger partial charge in [0.15, 0.2) is 0 Å². The number of nitrogens with zero attached hydrogens (tertiary/aromatic N) is 2. The van der Waals surface area contributed by atoms with Crippen molar-refractivity contribution in [2.24, 2.45) is 0 Å². The molecule has 2 heterocycles. The van der Waals surface area contributed by atoms with E-state index < -0.39 is 11.7 Å². The molecule has 2 fully saturated rings. The topological polar surface area (TPSA) is 65.4 Å². The molecule has 0 radical (unpaired) electrons. The summed E-state index contributed by atoms with van der Waals surface area (Å²) in [6, 6.07) is 15.1. The fourth-order valence-electron chi connectivity index (χ4n) is 4.41. The van der Waals surface area contributed by atoms with Crippen LogP contribution in [0, 0.1) is 0 Å². The number of benzene rings is 2. The van der Waals surface area contributed by atoms with E-state index in [2.05, 4.69) is 21.9 Å². The number of β-amino-alcohol motifs (C(OH)–C–C–N with tert-alkyl or cyclic N) is 1. The highest BCUT2D eigenvalue weighted by atomic mass is 35.5. The quantitative estimate of drug-likeness (QED) is 0.599. The molecule has 0 aliphatic carbocycles. The van der Waals surface area contributed by atoms with E-state index in [1.54, 1.807) is 24.3 Å². The van der Waals surface area contributed by atoms with E-state index in [4.69, 9.17) is 21.1 Å². The number of likely N-dealkylation sites (tertiary alicyclic amines) is 2. The third-order valence-corrected chi connectivity index (χ3v) is 6.60. The van der Waals surface area contributed by atoms with E-state index in [-0.39, 0.29) is 6.61 Å². The average Bonchev–Trinajstić information content (AvgIpc) is 3.31. The summed E-state index contributed by atoms with van der Waals surface area (Å²) in [7, 11) is 0. The lowest BCUT2D eigenvalue weighted by atomic mass is 9.90. The Kier molecular flexibility index (Phi) is 7.92. The van der Waals surface area contributed by atoms with Crippen LogP contribution < -0.4 is 9.47 Å². The molecule has 174 valence electrons. The predicted molar refractivity (Wildman–Crippen MR) is 125 cm³/mol. The minimum absolute atomic E-state index is 0.0239. The molecule has 0 amide bonds. The van der Waals surface area contributed by atoms with Crippen molar-refractivity contribution < 1.29 is 19.7 Å². The lowest BCUT2D eigenvalue weighted by Gasteiger charge is -2.42. The van der Waals surface area contributed by atoms with E-state index >= 15 is 0 Å². The van der Waals surface area contributed by atoms with E-state index in [0.717, 1.165) is 24.4 Å². The predicted octanol–water partition coefficient (Wildman–Crippen LogP) is 3.19. The number of aliphatic hydroxyl groups excluding tert-OH is 1. The molecule has 0 aromatic heterocycles. The monoisotopic (exact) mass is 460 g/mol. The van der Waals surface area contributed by atoms with Gasteiger partial charge in [0.25, 0.3) is 0 Å². The molecule has 0 saturated carbocycles. The van der Waals surface area contributed by atoms with E-state index in [1.807, 2.05) is 12.1 Å². The molecule has 0 spiro atoms. The van der Waals surface area contributed by atoms with Crippen LogP contribution >= 0.6 is 11.6 Å². The molecular weight excluding hydrogens is 428 g/mol. The number of piperidine rings is 1. The van der Waals surface area contributed by atoms with E-state index in [9.17, 15) is 10.2 Å². The zero-order valence-electron chi connectivity index (χ0n) is 18.5. The van der Waals surface area contributed by atoms with Gasteiger partial charge in [0.1, 0.15) is 30.3 Å². The third kappa shape index (κ3) is 6.36. The molecule has 0 bridgehead atoms. The molecule has 6 nitrogen and oxygen atoms in total. The molecule has 7 heteroatoms. The Morgan fingerprint density at radius 2 is 1.56 bits per heavy atom. The molecule has 0 unspecified atom stereocenters. The number of ether oxygens (including phenoxy) is 2. The number of hydrogen-bond acceptors (Lipinski definition) is 6. The summed E-state index contributed by atoms with van der Waals surface area (Å²) >= 11 is 5.91. The van der Waals surface area contributed by atoms with Crippen LogP contribution in [0.25, 0.3) is 0 Å². The van der Waals surface area contributed by atoms with Gasteiger partial charge in [-0.2, -0.15) is 0 Å². The van der Waals surface area contributed by atoms with Crippen molar-refractivity contribution in [1.82, 2.24) is 9.80 Å². The van der Waals surface area contributed by atoms with Gasteiger partial charge in [0.05, 0.1) is 6.10 Å². The van der Waals surface area contributed by atoms with Crippen molar-refractivity contribution in [2.45, 2.75) is 37.5 Å². The Bertz CT molecular complexity index is 842. The van der Waals surface area contributed by atoms with Gasteiger partial charge in [-0.1, -0.05) is 23.7 Å². The fraction of sp³-hybridized carbons (Fsp3) is 0.520. The molecule has 2 aromatic rings. The standard InChI is InChI=1S/C25H33ClN2O4/c26-21-5-9-23(10-6-21)32-19-25(30)18-28(14-11-24(25)29)17-20-3-7-22(8-4-20)31-16-15-27-12-1-2-13-27/h3-10,24,29-30H,1-2,11-19H2/t24-,25-/m0/s1. The maximum Gasteiger partial charge on any atom is 0.137 e. The lowest BCUT2D eigenvalue weighted by molar-refractivity contribution is -0.140. The Hall–Kier alpha value is -1.83. The van der Waals surface area contributed by atoms with Gasteiger partial charge in [-0.15, -0.1) is 0 Å². The fourth-order valence-corrected chi connectivity index (χ4v) is 4.54. The summed E-state index contributed by atoms with van der Waals surface area (Å²) in [6.07, 6.45) is 2.27. The van der Waals surface area contributed by atoms with Crippen LogP contribution in [0.5, 0.6) is 11.5 Å². The maximum atomic E-state index is 11.1. The molecule has 2 saturated heterocycles. The first-order valence-corrected chi connectivity index (χ1v) is 11.8. The van der Waals surface area contributed by atoms with Gasteiger partial charge in [0.2, 0.25) is 0 Å². The molecule has 2 aromatic carbocycles. The summed E-state index contributed by atoms with van der Waals surface area (Å²) in [5.41, 5.74) is -0.175. The normalized spacial score (nSPS) is 24.5. The Labute approximate surface area is 195 Å². The Morgan fingerprint density at radius 3 is 2.28 bits per heavy atom. The number of halogens is 1. The summed E-state index contributed by atoms with van der Waals surface area (Å²) in [5, 5.41) is 22.1. The SMILES string of the molecule is O[C@H]1CCN(Cc2ccc(OCCN3CCCC3)cc2)C[C@]1(O)COc1ccc(Cl)cc1. The minimum Gasteiger partial charge on any atom is -0.492 e. The van der Waals surface area contributed by atoms with Crippen LogP contribution in [0.2, 0.25) is 5.02 Å². The van der Waals surface area contributed by atoms with Gasteiger partial charge in [-0.05, 0) is 74.3 Å². The number of aliphatic hydroxyl groups is 2. The highest BCUT2D eigenvalue weighted by Crippen LogP contribution is 2.26. The average molecular weight is 461 g/mol. The molecule has 2 aliphatic heterocycles. The van der Waals surface area contributed by atoms with Crippen molar-refractivity contribution in [3.63, 3.8) is 0 Å². The number of hydrogen-bond donors (Lipinski definition) is 2. The Morgan fingerprint density at radius 1 is 0.906 bits per heavy atom. The molecule has 2 N–H and O–H groups in total. The summed E-state index contributed by atoms with van der Waals surface area (Å²) in [4.78, 5) is 4.60. The molecule has 32 heavy (non-hydrogen) atoms. The zero-order valence-corrected chi connectivity index (χ0v) is 19.2. The van der Waals surface area contributed by atoms with Crippen molar-refractivity contribution in [1.29, 1.82) is 0 Å². The second-order valence-corrected chi connectivity index (χ2v) is 9.34. The second-order valence-electron chi connectivity index (χ2n) is 8.90. The van der Waals surface area contributed by atoms with Gasteiger partial charge in [-0.25, -0.2) is 0 Å². The lowest BCUT2D eigenvalue weighted by Crippen LogP contribution is -2.59. The summed E-state index contributed by atoms with van der Waals surface area (Å²) in [6.45, 7) is 5.85. The highest BCUT2D eigenvalue weighted by Gasteiger charge is 2.42. The maximum absolute atomic E-state index is 11.1. The minimum atomic E-state index is -1.32. The second kappa shape index (κ2) is 10.9. The van der Waals surface area contributed by atoms with Crippen molar-refractivity contribution in [2.75, 3.05) is 45.9 Å². The molecule has 2 atom stereocenters. The van der Waals surface area contributed by atoms with Crippen LogP contribution in [0.3, 0.4) is 0 Å². The van der Waals surface area contributed by atoms with Crippen LogP contribution in [0.1, 0.15) is 24.8 Å². The van der Waals surface area contributed by atoms with Crippen LogP contribution in [0.15, 0.2) is 48.5 Å². The Balaban J connectivity index is 1.26. The molecular formula is C25H33ClN2O4. The van der Waals surface area contributed by atoms with E-state index in [1.165, 1.54) is 25.9 Å². The highest BCUT2D eigenvalue weighted by molar-refractivity contribution is 6.30. The van der Waals surface area contributed by atoms with Crippen LogP contribution in [-0.4, -0.2) is 77.7 Å². The smallest absolute Gasteiger partial charge is 0.137 e. The third-order valence-electron chi connectivity index (χ3n) is 6.34. The van der Waals surface area contributed by atoms with E-state index in [0.29, 0.717) is 36.9 Å². The first-order chi connectivity index (χ1) is 15.5. The van der Waals surface area contributed by atoms with Crippen molar-refractivity contribution in [3.05, 3.63) is 59.1 Å². The van der Waals surface area contributed by atoms with Gasteiger partial charge >= 0.3 is 0 Å². The number of rotatable bonds is 9. The van der Waals surface area contributed by atoms with Crippen molar-refractivity contribution in [3.8, 4) is 11.5 Å². The van der Waals surface area contributed by atoms with Gasteiger partial charge in [-0.3, -0.25) is 9.80 Å². The first kappa shape index (κ1) is 23.3.